The summed E-state index contributed by atoms with van der Waals surface area (Å²) >= 11 is 6.05. The van der Waals surface area contributed by atoms with E-state index < -0.39 is 0 Å². The van der Waals surface area contributed by atoms with Gasteiger partial charge in [-0.05, 0) is 25.0 Å². The number of pyridine rings is 1. The van der Waals surface area contributed by atoms with Crippen LogP contribution in [0.1, 0.15) is 12.8 Å². The van der Waals surface area contributed by atoms with Gasteiger partial charge in [0.1, 0.15) is 10.8 Å². The van der Waals surface area contributed by atoms with Crippen LogP contribution in [0.2, 0.25) is 5.02 Å². The maximum Gasteiger partial charge on any atom is 0.255 e. The van der Waals surface area contributed by atoms with Gasteiger partial charge < -0.3 is 14.2 Å². The number of anilines is 1. The second kappa shape index (κ2) is 7.00. The van der Waals surface area contributed by atoms with Gasteiger partial charge in [-0.15, -0.1) is 0 Å². The topological polar surface area (TPSA) is 60.3 Å². The molecule has 0 spiro atoms. The highest BCUT2D eigenvalue weighted by Gasteiger charge is 2.22. The van der Waals surface area contributed by atoms with Crippen molar-refractivity contribution in [3.63, 3.8) is 0 Å². The zero-order valence-corrected chi connectivity index (χ0v) is 13.7. The molecule has 1 saturated heterocycles. The molecule has 3 rings (SSSR count). The van der Waals surface area contributed by atoms with Crippen molar-refractivity contribution in [3.05, 3.63) is 46.1 Å². The SMILES string of the molecule is Cn1cnc(N2CCCC(COc3ncccc3Cl)C2)cc1=O. The Bertz CT molecular complexity index is 734. The Hall–Kier alpha value is -2.08. The van der Waals surface area contributed by atoms with Crippen molar-refractivity contribution < 1.29 is 4.74 Å². The van der Waals surface area contributed by atoms with Crippen LogP contribution in [0.4, 0.5) is 5.82 Å². The zero-order chi connectivity index (χ0) is 16.2. The van der Waals surface area contributed by atoms with Crippen molar-refractivity contribution in [2.75, 3.05) is 24.6 Å². The van der Waals surface area contributed by atoms with E-state index >= 15 is 0 Å². The number of ether oxygens (including phenoxy) is 1. The third-order valence-corrected chi connectivity index (χ3v) is 4.27. The lowest BCUT2D eigenvalue weighted by Crippen LogP contribution is -2.39. The smallest absolute Gasteiger partial charge is 0.255 e. The Morgan fingerprint density at radius 2 is 2.30 bits per heavy atom. The highest BCUT2D eigenvalue weighted by molar-refractivity contribution is 6.31. The minimum absolute atomic E-state index is 0.0476. The molecule has 122 valence electrons. The maximum atomic E-state index is 11.8. The molecule has 2 aromatic heterocycles. The van der Waals surface area contributed by atoms with E-state index in [1.165, 1.54) is 4.57 Å². The molecule has 1 atom stereocenters. The van der Waals surface area contributed by atoms with Crippen LogP contribution < -0.4 is 15.2 Å². The predicted octanol–water partition coefficient (Wildman–Crippen LogP) is 2.12. The van der Waals surface area contributed by atoms with Crippen LogP contribution in [0.15, 0.2) is 35.5 Å². The summed E-state index contributed by atoms with van der Waals surface area (Å²) in [5.74, 6) is 1.55. The van der Waals surface area contributed by atoms with E-state index in [1.54, 1.807) is 37.8 Å². The number of halogens is 1. The van der Waals surface area contributed by atoms with Crippen LogP contribution >= 0.6 is 11.6 Å². The molecule has 0 amide bonds. The Kier molecular flexibility index (Phi) is 4.81. The number of rotatable bonds is 4. The fourth-order valence-electron chi connectivity index (χ4n) is 2.71. The lowest BCUT2D eigenvalue weighted by Gasteiger charge is -2.33. The van der Waals surface area contributed by atoms with Crippen LogP contribution in [0.5, 0.6) is 5.88 Å². The van der Waals surface area contributed by atoms with E-state index in [4.69, 9.17) is 16.3 Å². The third kappa shape index (κ3) is 3.82. The number of nitrogens with zero attached hydrogens (tertiary/aromatic N) is 4. The van der Waals surface area contributed by atoms with Gasteiger partial charge in [0.25, 0.3) is 5.56 Å². The van der Waals surface area contributed by atoms with E-state index in [0.717, 1.165) is 31.7 Å². The molecule has 0 aliphatic carbocycles. The first kappa shape index (κ1) is 15.8. The molecule has 0 bridgehead atoms. The quantitative estimate of drug-likeness (QED) is 0.857. The van der Waals surface area contributed by atoms with Crippen LogP contribution in [0.3, 0.4) is 0 Å². The second-order valence-corrected chi connectivity index (χ2v) is 6.16. The van der Waals surface area contributed by atoms with Crippen LogP contribution in [0, 0.1) is 5.92 Å². The second-order valence-electron chi connectivity index (χ2n) is 5.75. The van der Waals surface area contributed by atoms with E-state index in [1.807, 2.05) is 0 Å². The molecule has 0 saturated carbocycles. The number of hydrogen-bond donors (Lipinski definition) is 0. The lowest BCUT2D eigenvalue weighted by molar-refractivity contribution is 0.221. The van der Waals surface area contributed by atoms with Gasteiger partial charge in [-0.2, -0.15) is 0 Å². The number of aryl methyl sites for hydroxylation is 1. The van der Waals surface area contributed by atoms with Gasteiger partial charge in [0.15, 0.2) is 0 Å². The molecule has 1 aliphatic rings. The molecule has 7 heteroatoms. The normalized spacial score (nSPS) is 18.0. The first-order chi connectivity index (χ1) is 11.1. The molecule has 0 N–H and O–H groups in total. The van der Waals surface area contributed by atoms with Gasteiger partial charge in [0.05, 0.1) is 12.9 Å². The summed E-state index contributed by atoms with van der Waals surface area (Å²) in [5, 5.41) is 0.522. The molecular weight excluding hydrogens is 316 g/mol. The summed E-state index contributed by atoms with van der Waals surface area (Å²) < 4.78 is 7.22. The van der Waals surface area contributed by atoms with Crippen molar-refractivity contribution in [2.24, 2.45) is 13.0 Å². The molecule has 0 radical (unpaired) electrons. The molecule has 0 aromatic carbocycles. The monoisotopic (exact) mass is 334 g/mol. The molecule has 23 heavy (non-hydrogen) atoms. The summed E-state index contributed by atoms with van der Waals surface area (Å²) in [6.07, 6.45) is 5.34. The summed E-state index contributed by atoms with van der Waals surface area (Å²) in [4.78, 5) is 22.4. The highest BCUT2D eigenvalue weighted by Crippen LogP contribution is 2.24. The minimum Gasteiger partial charge on any atom is -0.476 e. The fourth-order valence-corrected chi connectivity index (χ4v) is 2.88. The summed E-state index contributed by atoms with van der Waals surface area (Å²) in [7, 11) is 1.70. The zero-order valence-electron chi connectivity index (χ0n) is 13.0. The van der Waals surface area contributed by atoms with Gasteiger partial charge in [-0.3, -0.25) is 4.79 Å². The molecule has 1 fully saturated rings. The van der Waals surface area contributed by atoms with Crippen molar-refractivity contribution in [2.45, 2.75) is 12.8 Å². The van der Waals surface area contributed by atoms with E-state index in [9.17, 15) is 4.79 Å². The van der Waals surface area contributed by atoms with Gasteiger partial charge in [0, 0.05) is 38.3 Å². The largest absolute Gasteiger partial charge is 0.476 e. The summed E-state index contributed by atoms with van der Waals surface area (Å²) in [5.41, 5.74) is -0.0476. The van der Waals surface area contributed by atoms with Gasteiger partial charge in [-0.1, -0.05) is 11.6 Å². The van der Waals surface area contributed by atoms with Crippen LogP contribution in [-0.4, -0.2) is 34.2 Å². The van der Waals surface area contributed by atoms with Gasteiger partial charge in [-0.25, -0.2) is 9.97 Å². The van der Waals surface area contributed by atoms with E-state index in [-0.39, 0.29) is 5.56 Å². The number of piperidine rings is 1. The van der Waals surface area contributed by atoms with Crippen LogP contribution in [-0.2, 0) is 7.05 Å². The highest BCUT2D eigenvalue weighted by atomic mass is 35.5. The first-order valence-corrected chi connectivity index (χ1v) is 8.02. The maximum absolute atomic E-state index is 11.8. The fraction of sp³-hybridized carbons (Fsp3) is 0.438. The average Bonchev–Trinajstić information content (AvgIpc) is 2.57. The lowest BCUT2D eigenvalue weighted by atomic mass is 9.99. The van der Waals surface area contributed by atoms with Crippen molar-refractivity contribution in [3.8, 4) is 5.88 Å². The Labute approximate surface area is 139 Å². The minimum atomic E-state index is -0.0476. The molecule has 1 aliphatic heterocycles. The van der Waals surface area contributed by atoms with E-state index in [0.29, 0.717) is 23.4 Å². The van der Waals surface area contributed by atoms with Gasteiger partial charge >= 0.3 is 0 Å². The summed E-state index contributed by atoms with van der Waals surface area (Å²) in [6, 6.07) is 5.12. The molecular formula is C16H19ClN4O2. The predicted molar refractivity (Wildman–Crippen MR) is 89.2 cm³/mol. The Morgan fingerprint density at radius 3 is 3.09 bits per heavy atom. The molecule has 6 nitrogen and oxygen atoms in total. The first-order valence-electron chi connectivity index (χ1n) is 7.64. The Morgan fingerprint density at radius 1 is 1.43 bits per heavy atom. The number of hydrogen-bond acceptors (Lipinski definition) is 5. The molecule has 1 unspecified atom stereocenters. The average molecular weight is 335 g/mol. The van der Waals surface area contributed by atoms with Gasteiger partial charge in [0.2, 0.25) is 5.88 Å². The number of aromatic nitrogens is 3. The third-order valence-electron chi connectivity index (χ3n) is 3.99. The summed E-state index contributed by atoms with van der Waals surface area (Å²) in [6.45, 7) is 2.27. The van der Waals surface area contributed by atoms with Crippen molar-refractivity contribution in [1.29, 1.82) is 0 Å². The molecule has 2 aromatic rings. The van der Waals surface area contributed by atoms with Crippen molar-refractivity contribution in [1.82, 2.24) is 14.5 Å². The standard InChI is InChI=1S/C16H19ClN4O2/c1-20-11-19-14(8-15(20)22)21-7-3-4-12(9-21)10-23-16-13(17)5-2-6-18-16/h2,5-6,8,11-12H,3-4,7,9-10H2,1H3. The van der Waals surface area contributed by atoms with Crippen LogP contribution in [0.25, 0.3) is 0 Å². The van der Waals surface area contributed by atoms with E-state index in [2.05, 4.69) is 14.9 Å². The van der Waals surface area contributed by atoms with Crippen molar-refractivity contribution >= 4 is 17.4 Å². The molecule has 3 heterocycles. The Balaban J connectivity index is 1.63.